The van der Waals surface area contributed by atoms with Gasteiger partial charge in [-0.25, -0.2) is 4.79 Å². The Morgan fingerprint density at radius 1 is 1.26 bits per heavy atom. The van der Waals surface area contributed by atoms with Gasteiger partial charge in [0, 0.05) is 15.3 Å². The first kappa shape index (κ1) is 17.3. The quantitative estimate of drug-likeness (QED) is 0.563. The summed E-state index contributed by atoms with van der Waals surface area (Å²) >= 11 is 2.21. The molecule has 1 atom stereocenters. The molecule has 23 heavy (non-hydrogen) atoms. The van der Waals surface area contributed by atoms with Crippen molar-refractivity contribution in [2.45, 2.75) is 13.0 Å². The maximum Gasteiger partial charge on any atom is 0.344 e. The number of aliphatic imine (C=N–C) groups is 1. The fourth-order valence-corrected chi connectivity index (χ4v) is 2.37. The standard InChI is InChI=1S/C17H16INO4/c1-11(17(20)21)23-16-12(6-5-9-15(16)22-2)10-19-14-8-4-3-7-13(14)18/h3-11H,1-2H3,(H,20,21)/t11-/m1/s1. The summed E-state index contributed by atoms with van der Waals surface area (Å²) in [4.78, 5) is 15.5. The molecule has 6 heteroatoms. The van der Waals surface area contributed by atoms with Crippen LogP contribution in [0, 0.1) is 3.57 Å². The van der Waals surface area contributed by atoms with Gasteiger partial charge in [0.15, 0.2) is 17.6 Å². The molecular formula is C17H16INO4. The molecule has 0 unspecified atom stereocenters. The predicted molar refractivity (Wildman–Crippen MR) is 97.1 cm³/mol. The molecule has 120 valence electrons. The van der Waals surface area contributed by atoms with Gasteiger partial charge in [-0.2, -0.15) is 0 Å². The van der Waals surface area contributed by atoms with E-state index in [9.17, 15) is 4.79 Å². The van der Waals surface area contributed by atoms with Gasteiger partial charge < -0.3 is 14.6 Å². The zero-order chi connectivity index (χ0) is 16.8. The van der Waals surface area contributed by atoms with Gasteiger partial charge in [0.05, 0.1) is 12.8 Å². The fraction of sp³-hybridized carbons (Fsp3) is 0.176. The van der Waals surface area contributed by atoms with Gasteiger partial charge in [-0.3, -0.25) is 4.99 Å². The van der Waals surface area contributed by atoms with Gasteiger partial charge in [-0.15, -0.1) is 0 Å². The highest BCUT2D eigenvalue weighted by Crippen LogP contribution is 2.31. The van der Waals surface area contributed by atoms with E-state index >= 15 is 0 Å². The van der Waals surface area contributed by atoms with Gasteiger partial charge in [-0.1, -0.05) is 18.2 Å². The van der Waals surface area contributed by atoms with Crippen molar-refractivity contribution >= 4 is 40.5 Å². The number of hydrogen-bond acceptors (Lipinski definition) is 4. The molecular weight excluding hydrogens is 409 g/mol. The zero-order valence-electron chi connectivity index (χ0n) is 12.7. The number of halogens is 1. The molecule has 2 aromatic rings. The summed E-state index contributed by atoms with van der Waals surface area (Å²) in [6, 6.07) is 13.0. The fourth-order valence-electron chi connectivity index (χ4n) is 1.84. The number of rotatable bonds is 6. The van der Waals surface area contributed by atoms with Crippen LogP contribution in [0.5, 0.6) is 11.5 Å². The first-order valence-electron chi connectivity index (χ1n) is 6.88. The molecule has 0 heterocycles. The Kier molecular flexibility index (Phi) is 5.97. The SMILES string of the molecule is COc1cccc(C=Nc2ccccc2I)c1O[C@H](C)C(=O)O. The number of methoxy groups -OCH3 is 1. The second-order valence-electron chi connectivity index (χ2n) is 4.69. The Morgan fingerprint density at radius 3 is 2.65 bits per heavy atom. The smallest absolute Gasteiger partial charge is 0.344 e. The second kappa shape index (κ2) is 7.96. The van der Waals surface area contributed by atoms with Gasteiger partial charge >= 0.3 is 5.97 Å². The number of ether oxygens (including phenoxy) is 2. The summed E-state index contributed by atoms with van der Waals surface area (Å²) in [6.45, 7) is 1.47. The number of benzene rings is 2. The molecule has 0 aliphatic heterocycles. The topological polar surface area (TPSA) is 68.1 Å². The predicted octanol–water partition coefficient (Wildman–Crippen LogP) is 3.90. The highest BCUT2D eigenvalue weighted by Gasteiger charge is 2.17. The molecule has 0 spiro atoms. The Labute approximate surface area is 148 Å². The molecule has 2 rings (SSSR count). The molecule has 0 bridgehead atoms. The lowest BCUT2D eigenvalue weighted by Gasteiger charge is -2.15. The first-order valence-corrected chi connectivity index (χ1v) is 7.96. The Hall–Kier alpha value is -2.09. The van der Waals surface area contributed by atoms with Crippen molar-refractivity contribution in [1.82, 2.24) is 0 Å². The van der Waals surface area contributed by atoms with E-state index in [1.54, 1.807) is 24.4 Å². The third kappa shape index (κ3) is 4.44. The van der Waals surface area contributed by atoms with Crippen LogP contribution in [0.4, 0.5) is 5.69 Å². The van der Waals surface area contributed by atoms with Crippen LogP contribution in [0.3, 0.4) is 0 Å². The minimum atomic E-state index is -1.04. The number of hydrogen-bond donors (Lipinski definition) is 1. The van der Waals surface area contributed by atoms with Crippen molar-refractivity contribution in [3.8, 4) is 11.5 Å². The van der Waals surface area contributed by atoms with Crippen LogP contribution < -0.4 is 9.47 Å². The maximum atomic E-state index is 11.0. The molecule has 0 aromatic heterocycles. The average molecular weight is 425 g/mol. The van der Waals surface area contributed by atoms with Crippen LogP contribution >= 0.6 is 22.6 Å². The van der Waals surface area contributed by atoms with E-state index in [1.165, 1.54) is 14.0 Å². The third-order valence-electron chi connectivity index (χ3n) is 3.07. The molecule has 0 radical (unpaired) electrons. The summed E-state index contributed by atoms with van der Waals surface area (Å²) in [7, 11) is 1.51. The molecule has 0 saturated carbocycles. The summed E-state index contributed by atoms with van der Waals surface area (Å²) in [5.74, 6) is -0.221. The second-order valence-corrected chi connectivity index (χ2v) is 5.85. The van der Waals surface area contributed by atoms with Gasteiger partial charge in [0.1, 0.15) is 0 Å². The molecule has 0 aliphatic rings. The first-order chi connectivity index (χ1) is 11.0. The van der Waals surface area contributed by atoms with E-state index in [0.29, 0.717) is 17.1 Å². The van der Waals surface area contributed by atoms with Crippen LogP contribution in [0.1, 0.15) is 12.5 Å². The molecule has 0 fully saturated rings. The number of carboxylic acids is 1. The van der Waals surface area contributed by atoms with Gasteiger partial charge in [-0.05, 0) is 53.8 Å². The Bertz CT molecular complexity index is 730. The lowest BCUT2D eigenvalue weighted by Crippen LogP contribution is -2.23. The highest BCUT2D eigenvalue weighted by atomic mass is 127. The summed E-state index contributed by atoms with van der Waals surface area (Å²) in [6.07, 6.45) is 0.652. The minimum Gasteiger partial charge on any atom is -0.493 e. The van der Waals surface area contributed by atoms with Crippen LogP contribution in [-0.4, -0.2) is 30.5 Å². The number of carboxylic acid groups (broad SMARTS) is 1. The Morgan fingerprint density at radius 2 is 2.00 bits per heavy atom. The zero-order valence-corrected chi connectivity index (χ0v) is 14.9. The lowest BCUT2D eigenvalue weighted by molar-refractivity contribution is -0.144. The normalized spacial score (nSPS) is 12.1. The minimum absolute atomic E-state index is 0.361. The lowest BCUT2D eigenvalue weighted by atomic mass is 10.2. The molecule has 5 nitrogen and oxygen atoms in total. The largest absolute Gasteiger partial charge is 0.493 e. The number of nitrogens with zero attached hydrogens (tertiary/aromatic N) is 1. The molecule has 0 aliphatic carbocycles. The summed E-state index contributed by atoms with van der Waals surface area (Å²) in [5.41, 5.74) is 1.48. The number of carbonyl (C=O) groups is 1. The van der Waals surface area contributed by atoms with E-state index in [4.69, 9.17) is 14.6 Å². The van der Waals surface area contributed by atoms with Crippen LogP contribution in [0.25, 0.3) is 0 Å². The van der Waals surface area contributed by atoms with Crippen LogP contribution in [-0.2, 0) is 4.79 Å². The van der Waals surface area contributed by atoms with Crippen molar-refractivity contribution in [2.24, 2.45) is 4.99 Å². The average Bonchev–Trinajstić information content (AvgIpc) is 2.54. The number of para-hydroxylation sites is 2. The molecule has 1 N–H and O–H groups in total. The van der Waals surface area contributed by atoms with E-state index < -0.39 is 12.1 Å². The van der Waals surface area contributed by atoms with Crippen molar-refractivity contribution in [2.75, 3.05) is 7.11 Å². The van der Waals surface area contributed by atoms with E-state index in [1.807, 2.05) is 24.3 Å². The van der Waals surface area contributed by atoms with Gasteiger partial charge in [0.2, 0.25) is 0 Å². The van der Waals surface area contributed by atoms with E-state index in [2.05, 4.69) is 27.6 Å². The van der Waals surface area contributed by atoms with Crippen molar-refractivity contribution in [3.05, 3.63) is 51.6 Å². The van der Waals surface area contributed by atoms with E-state index in [0.717, 1.165) is 9.26 Å². The number of aliphatic carboxylic acids is 1. The summed E-state index contributed by atoms with van der Waals surface area (Å²) in [5, 5.41) is 9.04. The van der Waals surface area contributed by atoms with Crippen LogP contribution in [0.15, 0.2) is 47.5 Å². The molecule has 2 aromatic carbocycles. The van der Waals surface area contributed by atoms with Crippen molar-refractivity contribution in [3.63, 3.8) is 0 Å². The third-order valence-corrected chi connectivity index (χ3v) is 3.98. The molecule has 0 amide bonds. The van der Waals surface area contributed by atoms with Crippen LogP contribution in [0.2, 0.25) is 0 Å². The monoisotopic (exact) mass is 425 g/mol. The molecule has 0 saturated heterocycles. The van der Waals surface area contributed by atoms with E-state index in [-0.39, 0.29) is 0 Å². The highest BCUT2D eigenvalue weighted by molar-refractivity contribution is 14.1. The maximum absolute atomic E-state index is 11.0. The summed E-state index contributed by atoms with van der Waals surface area (Å²) < 4.78 is 11.8. The van der Waals surface area contributed by atoms with Crippen molar-refractivity contribution < 1.29 is 19.4 Å². The Balaban J connectivity index is 2.38. The van der Waals surface area contributed by atoms with Crippen molar-refractivity contribution in [1.29, 1.82) is 0 Å². The van der Waals surface area contributed by atoms with Gasteiger partial charge in [0.25, 0.3) is 0 Å².